The Morgan fingerprint density at radius 2 is 1.89 bits per heavy atom. The van der Waals surface area contributed by atoms with Gasteiger partial charge in [0.1, 0.15) is 0 Å². The SMILES string of the molecule is COC1CCCC1NC(=O)C1CCC(C(=O)O)C1. The van der Waals surface area contributed by atoms with E-state index in [1.165, 1.54) is 0 Å². The minimum absolute atomic E-state index is 0.00713. The van der Waals surface area contributed by atoms with Crippen molar-refractivity contribution in [2.45, 2.75) is 50.7 Å². The van der Waals surface area contributed by atoms with Gasteiger partial charge in [-0.3, -0.25) is 9.59 Å². The molecule has 0 aliphatic heterocycles. The minimum Gasteiger partial charge on any atom is -0.481 e. The number of methoxy groups -OCH3 is 1. The van der Waals surface area contributed by atoms with E-state index >= 15 is 0 Å². The van der Waals surface area contributed by atoms with Crippen LogP contribution < -0.4 is 5.32 Å². The van der Waals surface area contributed by atoms with Crippen LogP contribution in [-0.2, 0) is 14.3 Å². The number of amides is 1. The number of carboxylic acids is 1. The molecule has 2 N–H and O–H groups in total. The predicted octanol–water partition coefficient (Wildman–Crippen LogP) is 1.17. The zero-order valence-electron chi connectivity index (χ0n) is 10.7. The van der Waals surface area contributed by atoms with Crippen molar-refractivity contribution in [2.24, 2.45) is 11.8 Å². The molecule has 0 aromatic carbocycles. The monoisotopic (exact) mass is 255 g/mol. The summed E-state index contributed by atoms with van der Waals surface area (Å²) < 4.78 is 5.34. The quantitative estimate of drug-likeness (QED) is 0.790. The summed E-state index contributed by atoms with van der Waals surface area (Å²) in [4.78, 5) is 22.9. The molecule has 2 aliphatic rings. The number of carbonyl (C=O) groups excluding carboxylic acids is 1. The highest BCUT2D eigenvalue weighted by molar-refractivity contribution is 5.81. The summed E-state index contributed by atoms with van der Waals surface area (Å²) in [6.45, 7) is 0. The highest BCUT2D eigenvalue weighted by atomic mass is 16.5. The molecule has 0 aromatic heterocycles. The van der Waals surface area contributed by atoms with E-state index in [0.29, 0.717) is 19.3 Å². The largest absolute Gasteiger partial charge is 0.481 e. The van der Waals surface area contributed by atoms with Crippen molar-refractivity contribution in [3.8, 4) is 0 Å². The molecule has 102 valence electrons. The molecule has 0 radical (unpaired) electrons. The summed E-state index contributed by atoms with van der Waals surface area (Å²) in [7, 11) is 1.67. The molecule has 0 bridgehead atoms. The molecule has 2 rings (SSSR count). The number of ether oxygens (including phenoxy) is 1. The third kappa shape index (κ3) is 2.83. The summed E-state index contributed by atoms with van der Waals surface area (Å²) in [6.07, 6.45) is 4.92. The second kappa shape index (κ2) is 5.69. The number of carbonyl (C=O) groups is 2. The van der Waals surface area contributed by atoms with Gasteiger partial charge >= 0.3 is 5.97 Å². The van der Waals surface area contributed by atoms with E-state index in [1.54, 1.807) is 7.11 Å². The van der Waals surface area contributed by atoms with Crippen molar-refractivity contribution in [1.29, 1.82) is 0 Å². The van der Waals surface area contributed by atoms with Gasteiger partial charge in [0.15, 0.2) is 0 Å². The van der Waals surface area contributed by atoms with E-state index in [2.05, 4.69) is 5.32 Å². The highest BCUT2D eigenvalue weighted by Gasteiger charge is 2.36. The van der Waals surface area contributed by atoms with Crippen LogP contribution in [0, 0.1) is 11.8 Å². The van der Waals surface area contributed by atoms with Gasteiger partial charge in [-0.1, -0.05) is 0 Å². The van der Waals surface area contributed by atoms with Crippen molar-refractivity contribution in [1.82, 2.24) is 5.32 Å². The lowest BCUT2D eigenvalue weighted by Gasteiger charge is -2.21. The van der Waals surface area contributed by atoms with Gasteiger partial charge < -0.3 is 15.2 Å². The van der Waals surface area contributed by atoms with Crippen LogP contribution in [0.4, 0.5) is 0 Å². The minimum atomic E-state index is -0.777. The van der Waals surface area contributed by atoms with Crippen molar-refractivity contribution >= 4 is 11.9 Å². The van der Waals surface area contributed by atoms with Gasteiger partial charge in [0.25, 0.3) is 0 Å². The van der Waals surface area contributed by atoms with E-state index in [-0.39, 0.29) is 29.9 Å². The molecule has 4 unspecified atom stereocenters. The zero-order valence-corrected chi connectivity index (χ0v) is 10.7. The molecule has 0 spiro atoms. The maximum Gasteiger partial charge on any atom is 0.306 e. The molecule has 2 saturated carbocycles. The number of hydrogen-bond donors (Lipinski definition) is 2. The lowest BCUT2D eigenvalue weighted by molar-refractivity contribution is -0.141. The Morgan fingerprint density at radius 3 is 2.50 bits per heavy atom. The van der Waals surface area contributed by atoms with E-state index in [4.69, 9.17) is 9.84 Å². The Labute approximate surface area is 107 Å². The van der Waals surface area contributed by atoms with Gasteiger partial charge in [0.05, 0.1) is 18.1 Å². The number of rotatable bonds is 4. The molecule has 5 heteroatoms. The van der Waals surface area contributed by atoms with Crippen LogP contribution in [0.3, 0.4) is 0 Å². The summed E-state index contributed by atoms with van der Waals surface area (Å²) >= 11 is 0. The van der Waals surface area contributed by atoms with Crippen LogP contribution in [0.2, 0.25) is 0 Å². The Bertz CT molecular complexity index is 331. The second-order valence-corrected chi connectivity index (χ2v) is 5.37. The van der Waals surface area contributed by atoms with E-state index < -0.39 is 5.97 Å². The van der Waals surface area contributed by atoms with E-state index in [0.717, 1.165) is 19.3 Å². The van der Waals surface area contributed by atoms with Crippen molar-refractivity contribution < 1.29 is 19.4 Å². The fraction of sp³-hybridized carbons (Fsp3) is 0.846. The van der Waals surface area contributed by atoms with Gasteiger partial charge in [-0.2, -0.15) is 0 Å². The lowest BCUT2D eigenvalue weighted by Crippen LogP contribution is -2.43. The molecule has 2 fully saturated rings. The van der Waals surface area contributed by atoms with Crippen molar-refractivity contribution in [3.63, 3.8) is 0 Å². The first kappa shape index (κ1) is 13.3. The fourth-order valence-electron chi connectivity index (χ4n) is 3.12. The average molecular weight is 255 g/mol. The standard InChI is InChI=1S/C13H21NO4/c1-18-11-4-2-3-10(11)14-12(15)8-5-6-9(7-8)13(16)17/h8-11H,2-7H2,1H3,(H,14,15)(H,16,17). The molecule has 18 heavy (non-hydrogen) atoms. The summed E-state index contributed by atoms with van der Waals surface area (Å²) in [5.74, 6) is -1.25. The van der Waals surface area contributed by atoms with Crippen LogP contribution >= 0.6 is 0 Å². The van der Waals surface area contributed by atoms with E-state index in [1.807, 2.05) is 0 Å². The highest BCUT2D eigenvalue weighted by Crippen LogP contribution is 2.32. The summed E-state index contributed by atoms with van der Waals surface area (Å²) in [6, 6.07) is 0.103. The molecule has 2 aliphatic carbocycles. The molecule has 0 aromatic rings. The topological polar surface area (TPSA) is 75.6 Å². The molecule has 0 heterocycles. The molecular weight excluding hydrogens is 234 g/mol. The molecule has 0 saturated heterocycles. The average Bonchev–Trinajstić information content (AvgIpc) is 2.96. The molecular formula is C13H21NO4. The van der Waals surface area contributed by atoms with Crippen LogP contribution in [0.15, 0.2) is 0 Å². The van der Waals surface area contributed by atoms with E-state index in [9.17, 15) is 9.59 Å². The number of carboxylic acid groups (broad SMARTS) is 1. The number of hydrogen-bond acceptors (Lipinski definition) is 3. The van der Waals surface area contributed by atoms with Gasteiger partial charge in [-0.05, 0) is 38.5 Å². The molecule has 5 nitrogen and oxygen atoms in total. The van der Waals surface area contributed by atoms with Crippen LogP contribution in [0.1, 0.15) is 38.5 Å². The van der Waals surface area contributed by atoms with Gasteiger partial charge in [0.2, 0.25) is 5.91 Å². The van der Waals surface area contributed by atoms with Crippen molar-refractivity contribution in [2.75, 3.05) is 7.11 Å². The maximum atomic E-state index is 12.1. The Kier molecular flexibility index (Phi) is 4.22. The lowest BCUT2D eigenvalue weighted by atomic mass is 10.0. The first-order chi connectivity index (χ1) is 8.61. The van der Waals surface area contributed by atoms with Crippen molar-refractivity contribution in [3.05, 3.63) is 0 Å². The molecule has 4 atom stereocenters. The van der Waals surface area contributed by atoms with Crippen LogP contribution in [-0.4, -0.2) is 36.2 Å². The second-order valence-electron chi connectivity index (χ2n) is 5.37. The molecule has 1 amide bonds. The third-order valence-corrected chi connectivity index (χ3v) is 4.24. The van der Waals surface area contributed by atoms with Crippen LogP contribution in [0.25, 0.3) is 0 Å². The van der Waals surface area contributed by atoms with Gasteiger partial charge in [0, 0.05) is 13.0 Å². The Balaban J connectivity index is 1.83. The zero-order chi connectivity index (χ0) is 13.1. The predicted molar refractivity (Wildman–Crippen MR) is 65.0 cm³/mol. The Hall–Kier alpha value is -1.10. The number of nitrogens with one attached hydrogen (secondary N) is 1. The number of aliphatic carboxylic acids is 1. The Morgan fingerprint density at radius 1 is 1.17 bits per heavy atom. The van der Waals surface area contributed by atoms with Gasteiger partial charge in [-0.15, -0.1) is 0 Å². The summed E-state index contributed by atoms with van der Waals surface area (Å²) in [5.41, 5.74) is 0. The maximum absolute atomic E-state index is 12.1. The first-order valence-electron chi connectivity index (χ1n) is 6.67. The summed E-state index contributed by atoms with van der Waals surface area (Å²) in [5, 5.41) is 11.9. The third-order valence-electron chi connectivity index (χ3n) is 4.24. The normalized spacial score (nSPS) is 35.6. The van der Waals surface area contributed by atoms with Crippen LogP contribution in [0.5, 0.6) is 0 Å². The smallest absolute Gasteiger partial charge is 0.306 e. The van der Waals surface area contributed by atoms with Gasteiger partial charge in [-0.25, -0.2) is 0 Å². The fourth-order valence-corrected chi connectivity index (χ4v) is 3.12. The first-order valence-corrected chi connectivity index (χ1v) is 6.67.